The molecule has 60 valence electrons. The molecule has 0 unspecified atom stereocenters. The molecule has 1 heterocycles. The Hall–Kier alpha value is -0.0400. The minimum atomic E-state index is 0.834. The molecule has 1 fully saturated rings. The molecule has 10 heavy (non-hydrogen) atoms. The highest BCUT2D eigenvalue weighted by Crippen LogP contribution is 2.17. The van der Waals surface area contributed by atoms with Gasteiger partial charge in [0.1, 0.15) is 0 Å². The molecule has 0 aliphatic carbocycles. The number of hydrogen-bond acceptors (Lipinski definition) is 1. The summed E-state index contributed by atoms with van der Waals surface area (Å²) in [6.07, 6.45) is 2.82. The third-order valence-electron chi connectivity index (χ3n) is 2.29. The second-order valence-electron chi connectivity index (χ2n) is 3.88. The summed E-state index contributed by atoms with van der Waals surface area (Å²) < 4.78 is 0. The van der Waals surface area contributed by atoms with Crippen LogP contribution < -0.4 is 0 Å². The average molecular weight is 141 g/mol. The van der Waals surface area contributed by atoms with Crippen LogP contribution in [0.25, 0.3) is 0 Å². The van der Waals surface area contributed by atoms with Crippen molar-refractivity contribution in [3.63, 3.8) is 0 Å². The maximum Gasteiger partial charge on any atom is 0.00675 e. The van der Waals surface area contributed by atoms with Gasteiger partial charge in [-0.05, 0) is 32.2 Å². The zero-order chi connectivity index (χ0) is 7.56. The Morgan fingerprint density at radius 1 is 1.50 bits per heavy atom. The molecular formula is C9H19N. The molecule has 1 aliphatic heterocycles. The van der Waals surface area contributed by atoms with E-state index in [1.807, 2.05) is 0 Å². The molecule has 0 aromatic heterocycles. The van der Waals surface area contributed by atoms with E-state index < -0.39 is 0 Å². The Morgan fingerprint density at radius 3 is 2.60 bits per heavy atom. The highest BCUT2D eigenvalue weighted by atomic mass is 15.2. The highest BCUT2D eigenvalue weighted by molar-refractivity contribution is 4.75. The number of nitrogens with zero attached hydrogens (tertiary/aromatic N) is 1. The summed E-state index contributed by atoms with van der Waals surface area (Å²) in [5.74, 6) is 0.834. The standard InChI is InChI=1S/C9H19N/c1-8(2)7-10-6-4-5-9(10)3/h8-9H,4-7H2,1-3H3/t9-/m0/s1. The van der Waals surface area contributed by atoms with Crippen LogP contribution in [0.4, 0.5) is 0 Å². The van der Waals surface area contributed by atoms with E-state index >= 15 is 0 Å². The molecule has 1 atom stereocenters. The Balaban J connectivity index is 2.26. The van der Waals surface area contributed by atoms with Crippen LogP contribution in [-0.2, 0) is 0 Å². The first kappa shape index (κ1) is 8.06. The molecule has 1 aliphatic rings. The zero-order valence-corrected chi connectivity index (χ0v) is 7.43. The third-order valence-corrected chi connectivity index (χ3v) is 2.29. The second kappa shape index (κ2) is 3.38. The molecule has 0 aromatic carbocycles. The van der Waals surface area contributed by atoms with E-state index in [1.54, 1.807) is 0 Å². The van der Waals surface area contributed by atoms with Gasteiger partial charge in [0.05, 0.1) is 0 Å². The van der Waals surface area contributed by atoms with Crippen LogP contribution in [0.1, 0.15) is 33.6 Å². The van der Waals surface area contributed by atoms with Gasteiger partial charge in [-0.15, -0.1) is 0 Å². The molecule has 0 N–H and O–H groups in total. The van der Waals surface area contributed by atoms with Gasteiger partial charge in [0.2, 0.25) is 0 Å². The van der Waals surface area contributed by atoms with Crippen LogP contribution in [0.15, 0.2) is 0 Å². The third kappa shape index (κ3) is 1.98. The van der Waals surface area contributed by atoms with E-state index in [9.17, 15) is 0 Å². The van der Waals surface area contributed by atoms with Gasteiger partial charge in [0.25, 0.3) is 0 Å². The van der Waals surface area contributed by atoms with Crippen molar-refractivity contribution in [3.8, 4) is 0 Å². The summed E-state index contributed by atoms with van der Waals surface area (Å²) in [6, 6.07) is 0.849. The molecule has 0 aromatic rings. The smallest absolute Gasteiger partial charge is 0.00675 e. The normalized spacial score (nSPS) is 28.2. The lowest BCUT2D eigenvalue weighted by Gasteiger charge is -2.22. The number of hydrogen-bond donors (Lipinski definition) is 0. The molecule has 0 spiro atoms. The van der Waals surface area contributed by atoms with Crippen molar-refractivity contribution in [3.05, 3.63) is 0 Å². The van der Waals surface area contributed by atoms with Gasteiger partial charge in [-0.3, -0.25) is 0 Å². The maximum absolute atomic E-state index is 2.60. The summed E-state index contributed by atoms with van der Waals surface area (Å²) in [5, 5.41) is 0. The van der Waals surface area contributed by atoms with E-state index in [0.717, 1.165) is 12.0 Å². The zero-order valence-electron chi connectivity index (χ0n) is 7.43. The fourth-order valence-electron chi connectivity index (χ4n) is 1.73. The van der Waals surface area contributed by atoms with E-state index in [2.05, 4.69) is 25.7 Å². The average Bonchev–Trinajstić information content (AvgIpc) is 2.15. The van der Waals surface area contributed by atoms with Crippen LogP contribution in [0.5, 0.6) is 0 Å². The molecule has 0 bridgehead atoms. The van der Waals surface area contributed by atoms with Crippen molar-refractivity contribution in [2.24, 2.45) is 5.92 Å². The Bertz CT molecular complexity index is 98.9. The minimum absolute atomic E-state index is 0.834. The van der Waals surface area contributed by atoms with Crippen molar-refractivity contribution in [2.75, 3.05) is 13.1 Å². The fourth-order valence-corrected chi connectivity index (χ4v) is 1.73. The van der Waals surface area contributed by atoms with Crippen LogP contribution in [0, 0.1) is 5.92 Å². The lowest BCUT2D eigenvalue weighted by molar-refractivity contribution is 0.239. The van der Waals surface area contributed by atoms with Gasteiger partial charge in [-0.2, -0.15) is 0 Å². The molecule has 0 radical (unpaired) electrons. The van der Waals surface area contributed by atoms with Crippen LogP contribution in [-0.4, -0.2) is 24.0 Å². The summed E-state index contributed by atoms with van der Waals surface area (Å²) in [5.41, 5.74) is 0. The van der Waals surface area contributed by atoms with E-state index in [-0.39, 0.29) is 0 Å². The predicted molar refractivity (Wildman–Crippen MR) is 45.1 cm³/mol. The Kier molecular flexibility index (Phi) is 2.72. The quantitative estimate of drug-likeness (QED) is 0.569. The number of rotatable bonds is 2. The fraction of sp³-hybridized carbons (Fsp3) is 1.00. The molecule has 0 amide bonds. The number of likely N-dealkylation sites (tertiary alicyclic amines) is 1. The summed E-state index contributed by atoms with van der Waals surface area (Å²) >= 11 is 0. The van der Waals surface area contributed by atoms with E-state index in [1.165, 1.54) is 25.9 Å². The highest BCUT2D eigenvalue weighted by Gasteiger charge is 2.19. The molecular weight excluding hydrogens is 122 g/mol. The van der Waals surface area contributed by atoms with Gasteiger partial charge < -0.3 is 4.90 Å². The van der Waals surface area contributed by atoms with Crippen molar-refractivity contribution < 1.29 is 0 Å². The predicted octanol–water partition coefficient (Wildman–Crippen LogP) is 2.13. The maximum atomic E-state index is 2.60. The summed E-state index contributed by atoms with van der Waals surface area (Å²) in [4.78, 5) is 2.60. The molecule has 0 saturated carbocycles. The molecule has 1 rings (SSSR count). The van der Waals surface area contributed by atoms with E-state index in [4.69, 9.17) is 0 Å². The van der Waals surface area contributed by atoms with Crippen molar-refractivity contribution in [1.29, 1.82) is 0 Å². The molecule has 1 heteroatoms. The van der Waals surface area contributed by atoms with Crippen LogP contribution >= 0.6 is 0 Å². The van der Waals surface area contributed by atoms with E-state index in [0.29, 0.717) is 0 Å². The Morgan fingerprint density at radius 2 is 2.20 bits per heavy atom. The topological polar surface area (TPSA) is 3.24 Å². The Labute approximate surface area is 64.4 Å². The van der Waals surface area contributed by atoms with Crippen molar-refractivity contribution in [1.82, 2.24) is 4.90 Å². The minimum Gasteiger partial charge on any atom is -0.300 e. The molecule has 1 saturated heterocycles. The summed E-state index contributed by atoms with van der Waals surface area (Å²) in [6.45, 7) is 9.56. The first-order chi connectivity index (χ1) is 4.70. The first-order valence-corrected chi connectivity index (χ1v) is 4.44. The van der Waals surface area contributed by atoms with Crippen LogP contribution in [0.2, 0.25) is 0 Å². The van der Waals surface area contributed by atoms with Crippen molar-refractivity contribution >= 4 is 0 Å². The summed E-state index contributed by atoms with van der Waals surface area (Å²) in [7, 11) is 0. The lowest BCUT2D eigenvalue weighted by Crippen LogP contribution is -2.30. The van der Waals surface area contributed by atoms with Gasteiger partial charge in [-0.1, -0.05) is 13.8 Å². The lowest BCUT2D eigenvalue weighted by atomic mass is 10.2. The van der Waals surface area contributed by atoms with Gasteiger partial charge >= 0.3 is 0 Å². The van der Waals surface area contributed by atoms with Gasteiger partial charge in [-0.25, -0.2) is 0 Å². The van der Waals surface area contributed by atoms with Gasteiger partial charge in [0, 0.05) is 12.6 Å². The molecule has 1 nitrogen and oxygen atoms in total. The van der Waals surface area contributed by atoms with Crippen molar-refractivity contribution in [2.45, 2.75) is 39.7 Å². The monoisotopic (exact) mass is 141 g/mol. The largest absolute Gasteiger partial charge is 0.300 e. The first-order valence-electron chi connectivity index (χ1n) is 4.44. The SMILES string of the molecule is CC(C)CN1CCC[C@@H]1C. The second-order valence-corrected chi connectivity index (χ2v) is 3.88. The van der Waals surface area contributed by atoms with Crippen LogP contribution in [0.3, 0.4) is 0 Å². The van der Waals surface area contributed by atoms with Gasteiger partial charge in [0.15, 0.2) is 0 Å².